The lowest BCUT2D eigenvalue weighted by atomic mass is 9.92. The highest BCUT2D eigenvalue weighted by Crippen LogP contribution is 2.37. The lowest BCUT2D eigenvalue weighted by Gasteiger charge is -2.19. The lowest BCUT2D eigenvalue weighted by Crippen LogP contribution is -2.12. The molecule has 0 radical (unpaired) electrons. The van der Waals surface area contributed by atoms with E-state index in [1.165, 1.54) is 5.56 Å². The molecule has 0 aliphatic carbocycles. The molecule has 1 fully saturated rings. The second kappa shape index (κ2) is 6.36. The average molecular weight is 297 g/mol. The predicted molar refractivity (Wildman–Crippen MR) is 83.9 cm³/mol. The first-order valence-electron chi connectivity index (χ1n) is 7.52. The Hall–Kier alpha value is -0.730. The summed E-state index contributed by atoms with van der Waals surface area (Å²) < 4.78 is 11.6. The molecule has 1 aliphatic heterocycles. The van der Waals surface area contributed by atoms with Crippen molar-refractivity contribution < 1.29 is 9.47 Å². The van der Waals surface area contributed by atoms with Crippen molar-refractivity contribution in [3.8, 4) is 5.75 Å². The van der Waals surface area contributed by atoms with E-state index in [2.05, 4.69) is 34.6 Å². The average Bonchev–Trinajstić information content (AvgIpc) is 3.12. The number of hydrogen-bond acceptors (Lipinski definition) is 2. The normalized spacial score (nSPS) is 22.7. The predicted octanol–water partition coefficient (Wildman–Crippen LogP) is 4.71. The molecule has 1 saturated heterocycles. The standard InChI is InChI=1S/C17H25ClO2/c1-6-7-19-17-11(3)9-15(18)12(4)14(17)8-10(2)16-13(5)20-16/h9-10,13,16H,6-8H2,1-5H3. The van der Waals surface area contributed by atoms with Crippen LogP contribution in [0.3, 0.4) is 0 Å². The van der Waals surface area contributed by atoms with Crippen LogP contribution in [0.2, 0.25) is 5.02 Å². The Morgan fingerprint density at radius 1 is 1.40 bits per heavy atom. The van der Waals surface area contributed by atoms with Gasteiger partial charge in [0.25, 0.3) is 0 Å². The largest absolute Gasteiger partial charge is 0.493 e. The van der Waals surface area contributed by atoms with Crippen LogP contribution in [0.5, 0.6) is 5.75 Å². The van der Waals surface area contributed by atoms with Gasteiger partial charge in [0.2, 0.25) is 0 Å². The van der Waals surface area contributed by atoms with Gasteiger partial charge in [0.1, 0.15) is 5.75 Å². The zero-order valence-corrected chi connectivity index (χ0v) is 13.9. The van der Waals surface area contributed by atoms with Crippen molar-refractivity contribution in [3.63, 3.8) is 0 Å². The van der Waals surface area contributed by atoms with Crippen molar-refractivity contribution in [2.24, 2.45) is 5.92 Å². The monoisotopic (exact) mass is 296 g/mol. The molecule has 20 heavy (non-hydrogen) atoms. The third-order valence-electron chi connectivity index (χ3n) is 4.08. The van der Waals surface area contributed by atoms with Gasteiger partial charge < -0.3 is 9.47 Å². The molecule has 2 rings (SSSR count). The molecule has 112 valence electrons. The SMILES string of the molecule is CCCOc1c(C)cc(Cl)c(C)c1CC(C)C1OC1C. The van der Waals surface area contributed by atoms with Gasteiger partial charge in [0, 0.05) is 5.02 Å². The number of benzene rings is 1. The summed E-state index contributed by atoms with van der Waals surface area (Å²) in [4.78, 5) is 0. The molecule has 1 heterocycles. The van der Waals surface area contributed by atoms with Gasteiger partial charge in [-0.3, -0.25) is 0 Å². The molecule has 1 aliphatic rings. The van der Waals surface area contributed by atoms with Crippen LogP contribution in [0.15, 0.2) is 6.07 Å². The lowest BCUT2D eigenvalue weighted by molar-refractivity contribution is 0.303. The fraction of sp³-hybridized carbons (Fsp3) is 0.647. The topological polar surface area (TPSA) is 21.8 Å². The van der Waals surface area contributed by atoms with Crippen LogP contribution in [-0.4, -0.2) is 18.8 Å². The summed E-state index contributed by atoms with van der Waals surface area (Å²) in [5.41, 5.74) is 3.52. The maximum absolute atomic E-state index is 6.35. The Bertz CT molecular complexity index is 484. The van der Waals surface area contributed by atoms with Gasteiger partial charge in [0.05, 0.1) is 18.8 Å². The molecule has 3 heteroatoms. The zero-order valence-electron chi connectivity index (χ0n) is 13.1. The number of aryl methyl sites for hydroxylation is 1. The molecule has 0 N–H and O–H groups in total. The molecule has 0 spiro atoms. The third kappa shape index (κ3) is 3.29. The Labute approximate surface area is 127 Å². The molecule has 3 unspecified atom stereocenters. The smallest absolute Gasteiger partial charge is 0.125 e. The van der Waals surface area contributed by atoms with Crippen LogP contribution in [-0.2, 0) is 11.2 Å². The number of rotatable bonds is 6. The molecule has 1 aromatic rings. The fourth-order valence-electron chi connectivity index (χ4n) is 2.80. The van der Waals surface area contributed by atoms with Gasteiger partial charge in [-0.2, -0.15) is 0 Å². The van der Waals surface area contributed by atoms with Crippen LogP contribution in [0.4, 0.5) is 0 Å². The maximum atomic E-state index is 6.35. The number of epoxide rings is 1. The van der Waals surface area contributed by atoms with E-state index >= 15 is 0 Å². The van der Waals surface area contributed by atoms with Gasteiger partial charge in [-0.1, -0.05) is 25.4 Å². The van der Waals surface area contributed by atoms with Gasteiger partial charge >= 0.3 is 0 Å². The Morgan fingerprint density at radius 3 is 2.60 bits per heavy atom. The summed E-state index contributed by atoms with van der Waals surface area (Å²) in [6.07, 6.45) is 2.75. The van der Waals surface area contributed by atoms with Crippen molar-refractivity contribution >= 4 is 11.6 Å². The van der Waals surface area contributed by atoms with Crippen molar-refractivity contribution in [3.05, 3.63) is 27.8 Å². The molecule has 0 saturated carbocycles. The molecule has 0 bridgehead atoms. The van der Waals surface area contributed by atoms with Crippen LogP contribution in [0.25, 0.3) is 0 Å². The van der Waals surface area contributed by atoms with E-state index in [9.17, 15) is 0 Å². The van der Waals surface area contributed by atoms with E-state index in [4.69, 9.17) is 21.1 Å². The third-order valence-corrected chi connectivity index (χ3v) is 4.47. The zero-order chi connectivity index (χ0) is 14.9. The number of halogens is 1. The minimum absolute atomic E-state index is 0.382. The summed E-state index contributed by atoms with van der Waals surface area (Å²) in [6, 6.07) is 2.01. The minimum Gasteiger partial charge on any atom is -0.493 e. The highest BCUT2D eigenvalue weighted by atomic mass is 35.5. The highest BCUT2D eigenvalue weighted by molar-refractivity contribution is 6.31. The van der Waals surface area contributed by atoms with E-state index in [1.807, 2.05) is 6.07 Å². The number of ether oxygens (including phenoxy) is 2. The van der Waals surface area contributed by atoms with Gasteiger partial charge in [-0.25, -0.2) is 0 Å². The van der Waals surface area contributed by atoms with Crippen molar-refractivity contribution in [2.75, 3.05) is 6.61 Å². The maximum Gasteiger partial charge on any atom is 0.125 e. The van der Waals surface area contributed by atoms with Crippen LogP contribution < -0.4 is 4.74 Å². The first kappa shape index (κ1) is 15.7. The number of hydrogen-bond donors (Lipinski definition) is 0. The van der Waals surface area contributed by atoms with Gasteiger partial charge in [0.15, 0.2) is 0 Å². The summed E-state index contributed by atoms with van der Waals surface area (Å²) in [5.74, 6) is 1.51. The quantitative estimate of drug-likeness (QED) is 0.709. The van der Waals surface area contributed by atoms with E-state index in [0.717, 1.165) is 41.3 Å². The molecular weight excluding hydrogens is 272 g/mol. The molecule has 0 amide bonds. The van der Waals surface area contributed by atoms with Crippen molar-refractivity contribution in [2.45, 2.75) is 59.7 Å². The minimum atomic E-state index is 0.382. The van der Waals surface area contributed by atoms with E-state index < -0.39 is 0 Å². The Kier molecular flexibility index (Phi) is 4.98. The molecule has 2 nitrogen and oxygen atoms in total. The molecule has 1 aromatic carbocycles. The Balaban J connectivity index is 2.27. The molecular formula is C17H25ClO2. The highest BCUT2D eigenvalue weighted by Gasteiger charge is 2.39. The summed E-state index contributed by atoms with van der Waals surface area (Å²) in [5, 5.41) is 0.832. The summed E-state index contributed by atoms with van der Waals surface area (Å²) in [7, 11) is 0. The van der Waals surface area contributed by atoms with Crippen molar-refractivity contribution in [1.82, 2.24) is 0 Å². The summed E-state index contributed by atoms with van der Waals surface area (Å²) in [6.45, 7) is 11.4. The van der Waals surface area contributed by atoms with Gasteiger partial charge in [-0.15, -0.1) is 0 Å². The van der Waals surface area contributed by atoms with Gasteiger partial charge in [-0.05, 0) is 62.3 Å². The second-order valence-electron chi connectivity index (χ2n) is 5.94. The molecule has 3 atom stereocenters. The van der Waals surface area contributed by atoms with Crippen LogP contribution >= 0.6 is 11.6 Å². The first-order chi connectivity index (χ1) is 9.45. The summed E-state index contributed by atoms with van der Waals surface area (Å²) >= 11 is 6.35. The second-order valence-corrected chi connectivity index (χ2v) is 6.35. The van der Waals surface area contributed by atoms with E-state index in [-0.39, 0.29) is 0 Å². The molecule has 0 aromatic heterocycles. The van der Waals surface area contributed by atoms with Crippen LogP contribution in [0, 0.1) is 19.8 Å². The fourth-order valence-corrected chi connectivity index (χ4v) is 3.08. The van der Waals surface area contributed by atoms with E-state index in [0.29, 0.717) is 18.1 Å². The Morgan fingerprint density at radius 2 is 2.05 bits per heavy atom. The van der Waals surface area contributed by atoms with Crippen molar-refractivity contribution in [1.29, 1.82) is 0 Å². The van der Waals surface area contributed by atoms with E-state index in [1.54, 1.807) is 0 Å². The van der Waals surface area contributed by atoms with Crippen LogP contribution in [0.1, 0.15) is 43.9 Å². The first-order valence-corrected chi connectivity index (χ1v) is 7.90.